The Morgan fingerprint density at radius 1 is 1.27 bits per heavy atom. The maximum atomic E-state index is 12.7. The largest absolute Gasteiger partial charge is 0.444 e. The van der Waals surface area contributed by atoms with E-state index in [4.69, 9.17) is 4.74 Å². The first kappa shape index (κ1) is 22.3. The smallest absolute Gasteiger partial charge is 0.410 e. The Kier molecular flexibility index (Phi) is 7.91. The molecule has 0 fully saturated rings. The van der Waals surface area contributed by atoms with Crippen LogP contribution in [0.4, 0.5) is 10.5 Å². The van der Waals surface area contributed by atoms with Crippen molar-refractivity contribution in [3.8, 4) is 0 Å². The molecule has 5 heteroatoms. The SMILES string of the molecule is CCCc1c(N(C)CC(C)N(C(=O)OC(C)(C)C)C(C)C)ccnc1C. The number of carbonyl (C=O) groups excluding carboxylic acids is 1. The second kappa shape index (κ2) is 9.24. The zero-order valence-electron chi connectivity index (χ0n) is 18.1. The summed E-state index contributed by atoms with van der Waals surface area (Å²) in [7, 11) is 2.08. The summed E-state index contributed by atoms with van der Waals surface area (Å²) < 4.78 is 5.61. The van der Waals surface area contributed by atoms with Gasteiger partial charge in [0.25, 0.3) is 0 Å². The first-order valence-corrected chi connectivity index (χ1v) is 9.64. The van der Waals surface area contributed by atoms with E-state index >= 15 is 0 Å². The van der Waals surface area contributed by atoms with E-state index in [1.165, 1.54) is 11.3 Å². The topological polar surface area (TPSA) is 45.7 Å². The van der Waals surface area contributed by atoms with Crippen LogP contribution in [0.15, 0.2) is 12.3 Å². The third kappa shape index (κ3) is 6.19. The first-order valence-electron chi connectivity index (χ1n) is 9.64. The van der Waals surface area contributed by atoms with E-state index in [1.54, 1.807) is 0 Å². The zero-order chi connectivity index (χ0) is 20.1. The number of likely N-dealkylation sites (N-methyl/N-ethyl adjacent to an activating group) is 1. The van der Waals surface area contributed by atoms with Crippen LogP contribution in [0, 0.1) is 6.92 Å². The standard InChI is InChI=1S/C21H37N3O2/c1-10-11-18-17(5)22-13-12-19(18)23(9)14-16(4)24(15(2)3)20(25)26-21(6,7)8/h12-13,15-16H,10-11,14H2,1-9H3. The number of amides is 1. The van der Waals surface area contributed by atoms with Crippen LogP contribution in [0.25, 0.3) is 0 Å². The summed E-state index contributed by atoms with van der Waals surface area (Å²) in [6.07, 6.45) is 3.69. The van der Waals surface area contributed by atoms with Gasteiger partial charge >= 0.3 is 6.09 Å². The Morgan fingerprint density at radius 3 is 2.38 bits per heavy atom. The molecule has 0 saturated carbocycles. The number of nitrogens with zero attached hydrogens (tertiary/aromatic N) is 3. The zero-order valence-corrected chi connectivity index (χ0v) is 18.1. The maximum absolute atomic E-state index is 12.7. The average Bonchev–Trinajstić information content (AvgIpc) is 2.46. The minimum atomic E-state index is -0.494. The van der Waals surface area contributed by atoms with Gasteiger partial charge in [0.2, 0.25) is 0 Å². The van der Waals surface area contributed by atoms with Gasteiger partial charge in [-0.2, -0.15) is 0 Å². The Bertz CT molecular complexity index is 593. The Morgan fingerprint density at radius 2 is 1.88 bits per heavy atom. The van der Waals surface area contributed by atoms with Crippen molar-refractivity contribution < 1.29 is 9.53 Å². The molecule has 0 radical (unpaired) electrons. The molecule has 1 unspecified atom stereocenters. The van der Waals surface area contributed by atoms with Crippen molar-refractivity contribution in [1.82, 2.24) is 9.88 Å². The van der Waals surface area contributed by atoms with Gasteiger partial charge in [-0.25, -0.2) is 4.79 Å². The predicted octanol–water partition coefficient (Wildman–Crippen LogP) is 4.81. The minimum absolute atomic E-state index is 0.0257. The van der Waals surface area contributed by atoms with E-state index in [-0.39, 0.29) is 18.2 Å². The van der Waals surface area contributed by atoms with Crippen LogP contribution in [0.3, 0.4) is 0 Å². The molecule has 5 nitrogen and oxygen atoms in total. The van der Waals surface area contributed by atoms with Crippen molar-refractivity contribution in [3.05, 3.63) is 23.5 Å². The van der Waals surface area contributed by atoms with Gasteiger partial charge in [0, 0.05) is 43.3 Å². The van der Waals surface area contributed by atoms with Crippen LogP contribution in [0.2, 0.25) is 0 Å². The van der Waals surface area contributed by atoms with Crippen molar-refractivity contribution in [1.29, 1.82) is 0 Å². The minimum Gasteiger partial charge on any atom is -0.444 e. The van der Waals surface area contributed by atoms with Crippen molar-refractivity contribution in [3.63, 3.8) is 0 Å². The van der Waals surface area contributed by atoms with Gasteiger partial charge in [-0.3, -0.25) is 4.98 Å². The highest BCUT2D eigenvalue weighted by atomic mass is 16.6. The fraction of sp³-hybridized carbons (Fsp3) is 0.714. The van der Waals surface area contributed by atoms with E-state index < -0.39 is 5.60 Å². The van der Waals surface area contributed by atoms with Gasteiger partial charge in [-0.1, -0.05) is 13.3 Å². The van der Waals surface area contributed by atoms with E-state index in [0.717, 1.165) is 25.1 Å². The molecule has 1 aromatic rings. The fourth-order valence-corrected chi connectivity index (χ4v) is 3.30. The summed E-state index contributed by atoms with van der Waals surface area (Å²) in [6.45, 7) is 16.8. The number of carbonyl (C=O) groups is 1. The lowest BCUT2D eigenvalue weighted by molar-refractivity contribution is 0.0112. The molecule has 0 aliphatic rings. The molecule has 0 aromatic carbocycles. The van der Waals surface area contributed by atoms with Gasteiger partial charge < -0.3 is 14.5 Å². The molecule has 0 N–H and O–H groups in total. The molecule has 0 aliphatic carbocycles. The van der Waals surface area contributed by atoms with Crippen LogP contribution in [-0.2, 0) is 11.2 Å². The third-order valence-corrected chi connectivity index (χ3v) is 4.33. The van der Waals surface area contributed by atoms with Crippen molar-refractivity contribution in [2.24, 2.45) is 0 Å². The molecule has 0 saturated heterocycles. The quantitative estimate of drug-likeness (QED) is 0.697. The fourth-order valence-electron chi connectivity index (χ4n) is 3.30. The number of hydrogen-bond donors (Lipinski definition) is 0. The Balaban J connectivity index is 2.98. The van der Waals surface area contributed by atoms with Gasteiger partial charge in [-0.05, 0) is 66.5 Å². The number of aryl methyl sites for hydroxylation is 1. The molecule has 1 amide bonds. The molecule has 148 valence electrons. The van der Waals surface area contributed by atoms with Crippen LogP contribution in [0.1, 0.15) is 66.1 Å². The average molecular weight is 364 g/mol. The molecule has 1 rings (SSSR count). The van der Waals surface area contributed by atoms with E-state index in [0.29, 0.717) is 0 Å². The monoisotopic (exact) mass is 363 g/mol. The number of ether oxygens (including phenoxy) is 1. The number of aromatic nitrogens is 1. The van der Waals surface area contributed by atoms with Gasteiger partial charge in [0.05, 0.1) is 0 Å². The highest BCUT2D eigenvalue weighted by Crippen LogP contribution is 2.24. The van der Waals surface area contributed by atoms with Crippen LogP contribution in [0.5, 0.6) is 0 Å². The number of pyridine rings is 1. The lowest BCUT2D eigenvalue weighted by Crippen LogP contribution is -2.50. The highest BCUT2D eigenvalue weighted by Gasteiger charge is 2.29. The Labute approximate surface area is 159 Å². The highest BCUT2D eigenvalue weighted by molar-refractivity contribution is 5.69. The summed E-state index contributed by atoms with van der Waals surface area (Å²) in [5.74, 6) is 0. The second-order valence-corrected chi connectivity index (χ2v) is 8.35. The molecule has 1 aromatic heterocycles. The van der Waals surface area contributed by atoms with Crippen molar-refractivity contribution in [2.45, 2.75) is 85.9 Å². The lowest BCUT2D eigenvalue weighted by atomic mass is 10.1. The van der Waals surface area contributed by atoms with Gasteiger partial charge in [0.1, 0.15) is 5.60 Å². The molecule has 0 aliphatic heterocycles. The summed E-state index contributed by atoms with van der Waals surface area (Å²) in [5.41, 5.74) is 3.07. The molecule has 0 bridgehead atoms. The second-order valence-electron chi connectivity index (χ2n) is 8.35. The van der Waals surface area contributed by atoms with Crippen LogP contribution in [-0.4, -0.2) is 47.3 Å². The normalized spacial score (nSPS) is 12.8. The lowest BCUT2D eigenvalue weighted by Gasteiger charge is -2.37. The molecule has 26 heavy (non-hydrogen) atoms. The van der Waals surface area contributed by atoms with Gasteiger partial charge in [0.15, 0.2) is 0 Å². The Hall–Kier alpha value is -1.78. The molecule has 1 atom stereocenters. The summed E-state index contributed by atoms with van der Waals surface area (Å²) >= 11 is 0. The molecular formula is C21H37N3O2. The van der Waals surface area contributed by atoms with Gasteiger partial charge in [-0.15, -0.1) is 0 Å². The van der Waals surface area contributed by atoms with Crippen LogP contribution < -0.4 is 4.90 Å². The van der Waals surface area contributed by atoms with Crippen molar-refractivity contribution in [2.75, 3.05) is 18.5 Å². The van der Waals surface area contributed by atoms with Crippen molar-refractivity contribution >= 4 is 11.8 Å². The number of hydrogen-bond acceptors (Lipinski definition) is 4. The maximum Gasteiger partial charge on any atom is 0.410 e. The molecule has 1 heterocycles. The molecular weight excluding hydrogens is 326 g/mol. The van der Waals surface area contributed by atoms with E-state index in [9.17, 15) is 4.79 Å². The van der Waals surface area contributed by atoms with Crippen LogP contribution >= 0.6 is 0 Å². The van der Waals surface area contributed by atoms with E-state index in [2.05, 4.69) is 43.8 Å². The van der Waals surface area contributed by atoms with E-state index in [1.807, 2.05) is 45.7 Å². The molecule has 0 spiro atoms. The summed E-state index contributed by atoms with van der Waals surface area (Å²) in [4.78, 5) is 21.2. The first-order chi connectivity index (χ1) is 12.0. The number of anilines is 1. The predicted molar refractivity (Wildman–Crippen MR) is 109 cm³/mol. The number of rotatable bonds is 7. The summed E-state index contributed by atoms with van der Waals surface area (Å²) in [5, 5.41) is 0. The third-order valence-electron chi connectivity index (χ3n) is 4.33. The summed E-state index contributed by atoms with van der Waals surface area (Å²) in [6, 6.07) is 2.16.